The van der Waals surface area contributed by atoms with Crippen molar-refractivity contribution in [1.29, 1.82) is 0 Å². The van der Waals surface area contributed by atoms with Crippen LogP contribution < -0.4 is 148 Å². The minimum absolute atomic E-state index is 0. The molecule has 0 saturated heterocycles. The molecule has 0 aliphatic heterocycles. The first-order valence-corrected chi connectivity index (χ1v) is 5.63. The van der Waals surface area contributed by atoms with Crippen molar-refractivity contribution >= 4 is 15.9 Å². The first-order chi connectivity index (χ1) is 4.50. The largest absolute Gasteiger partial charge is 1.00 e. The van der Waals surface area contributed by atoms with Crippen LogP contribution in [0, 0.1) is 0 Å². The van der Waals surface area contributed by atoms with E-state index in [1.807, 2.05) is 0 Å². The molecule has 0 fully saturated rings. The molecule has 0 N–H and O–H groups in total. The van der Waals surface area contributed by atoms with E-state index >= 15 is 0 Å². The predicted octanol–water partition coefficient (Wildman–Crippen LogP) is -16.6. The van der Waals surface area contributed by atoms with Crippen molar-refractivity contribution in [2.24, 2.45) is 0 Å². The third-order valence-electron chi connectivity index (χ3n) is 1.34. The van der Waals surface area contributed by atoms with Crippen molar-refractivity contribution in [1.82, 2.24) is 0 Å². The normalized spacial score (nSPS) is 11.2. The van der Waals surface area contributed by atoms with E-state index in [-0.39, 0.29) is 118 Å². The van der Waals surface area contributed by atoms with Gasteiger partial charge in [0.1, 0.15) is 4.90 Å². The van der Waals surface area contributed by atoms with Gasteiger partial charge in [-0.25, -0.2) is 0 Å². The molecular weight excluding hydrogens is 286 g/mol. The number of hydrogen-bond acceptors (Lipinski definition) is 6. The molecule has 0 aliphatic rings. The zero-order valence-electron chi connectivity index (χ0n) is 9.84. The Morgan fingerprint density at radius 2 is 0.733 bits per heavy atom. The van der Waals surface area contributed by atoms with Crippen molar-refractivity contribution in [2.75, 3.05) is 0 Å². The fourth-order valence-corrected chi connectivity index (χ4v) is 1.35. The van der Waals surface area contributed by atoms with Crippen LogP contribution in [0.25, 0.3) is 0 Å². The molecule has 68 valence electrons. The van der Waals surface area contributed by atoms with Gasteiger partial charge < -0.3 is 29.4 Å². The van der Waals surface area contributed by atoms with Crippen molar-refractivity contribution in [3.8, 4) is 0 Å². The van der Waals surface area contributed by atoms with Gasteiger partial charge in [-0.1, -0.05) is 0 Å². The minimum atomic E-state index is -5.38. The van der Waals surface area contributed by atoms with Gasteiger partial charge in [0.15, 0.2) is 0 Å². The Labute approximate surface area is 179 Å². The standard InChI is InChI=1S/C3H10O6P2.4Na/c1-3(2,10(4,5)6)11(7,8)9;;;;/h1-2H3,(H2,4,5,6)(H2,7,8,9);;;;/q;4*+1/p-4. The van der Waals surface area contributed by atoms with Crippen LogP contribution in [-0.4, -0.2) is 4.90 Å². The topological polar surface area (TPSA) is 138 Å². The van der Waals surface area contributed by atoms with E-state index in [0.29, 0.717) is 13.8 Å². The molecule has 0 aliphatic carbocycles. The summed E-state index contributed by atoms with van der Waals surface area (Å²) >= 11 is 0. The van der Waals surface area contributed by atoms with Gasteiger partial charge in [-0.05, 0) is 0 Å². The van der Waals surface area contributed by atoms with Crippen LogP contribution in [0.5, 0.6) is 0 Å². The minimum Gasteiger partial charge on any atom is -0.685 e. The van der Waals surface area contributed by atoms with Crippen LogP contribution in [0.4, 0.5) is 0 Å². The van der Waals surface area contributed by atoms with Gasteiger partial charge in [0.05, 0.1) is 0 Å². The molecule has 0 unspecified atom stereocenters. The van der Waals surface area contributed by atoms with E-state index in [4.69, 9.17) is 0 Å². The zero-order chi connectivity index (χ0) is 9.50. The van der Waals surface area contributed by atoms with Crippen molar-refractivity contribution in [3.63, 3.8) is 0 Å². The second-order valence-corrected chi connectivity index (χ2v) is 7.07. The number of hydrogen-bond donors (Lipinski definition) is 0. The summed E-state index contributed by atoms with van der Waals surface area (Å²) in [5, 5.41) is 0. The van der Waals surface area contributed by atoms with E-state index in [0.717, 1.165) is 0 Å². The summed E-state index contributed by atoms with van der Waals surface area (Å²) in [6, 6.07) is 0. The van der Waals surface area contributed by atoms with Gasteiger partial charge >= 0.3 is 118 Å². The summed E-state index contributed by atoms with van der Waals surface area (Å²) in [7, 11) is -10.8. The maximum Gasteiger partial charge on any atom is 1.00 e. The van der Waals surface area contributed by atoms with Crippen LogP contribution in [-0.2, 0) is 0 Å². The van der Waals surface area contributed by atoms with E-state index in [1.165, 1.54) is 0 Å². The average molecular weight is 292 g/mol. The van der Waals surface area contributed by atoms with E-state index in [2.05, 4.69) is 0 Å². The van der Waals surface area contributed by atoms with Gasteiger partial charge in [-0.3, -0.25) is 0 Å². The summed E-state index contributed by atoms with van der Waals surface area (Å²) in [4.78, 5) is 58.5. The molecule has 0 amide bonds. The Bertz CT molecular complexity index is 139. The molecule has 0 aromatic heterocycles. The second kappa shape index (κ2) is 11.3. The summed E-state index contributed by atoms with van der Waals surface area (Å²) in [6.45, 7) is 1.16. The fraction of sp³-hybridized carbons (Fsp3) is 1.00. The molecular formula is C3H6Na4O6P2. The first-order valence-electron chi connectivity index (χ1n) is 2.54. The van der Waals surface area contributed by atoms with Gasteiger partial charge in [-0.15, -0.1) is 15.9 Å². The molecule has 0 spiro atoms. The maximum absolute atomic E-state index is 10.2. The molecule has 0 aromatic carbocycles. The first kappa shape index (κ1) is 31.8. The van der Waals surface area contributed by atoms with Gasteiger partial charge in [-0.2, -0.15) is 0 Å². The van der Waals surface area contributed by atoms with Crippen molar-refractivity contribution in [2.45, 2.75) is 18.7 Å². The summed E-state index contributed by atoms with van der Waals surface area (Å²) in [5.41, 5.74) is 0. The van der Waals surface area contributed by atoms with Gasteiger partial charge in [0.2, 0.25) is 0 Å². The van der Waals surface area contributed by atoms with Crippen molar-refractivity contribution in [3.05, 3.63) is 0 Å². The SMILES string of the molecule is CC(C)([P+]([O-])([O-])[O-])[P+]([O-])([O-])[O-].[Na+].[Na+].[Na+].[Na+]. The van der Waals surface area contributed by atoms with Crippen molar-refractivity contribution < 1.29 is 148 Å². The van der Waals surface area contributed by atoms with E-state index in [1.54, 1.807) is 0 Å². The smallest absolute Gasteiger partial charge is 0.685 e. The number of rotatable bonds is 2. The summed E-state index contributed by atoms with van der Waals surface area (Å²) in [6.07, 6.45) is 0. The van der Waals surface area contributed by atoms with Crippen LogP contribution in [0.2, 0.25) is 0 Å². The third kappa shape index (κ3) is 10.1. The molecule has 0 atom stereocenters. The van der Waals surface area contributed by atoms with Crippen LogP contribution in [0.1, 0.15) is 13.8 Å². The third-order valence-corrected chi connectivity index (χ3v) is 5.49. The van der Waals surface area contributed by atoms with E-state index in [9.17, 15) is 29.4 Å². The Morgan fingerprint density at radius 1 is 0.600 bits per heavy atom. The summed E-state index contributed by atoms with van der Waals surface area (Å²) in [5.74, 6) is 0. The van der Waals surface area contributed by atoms with Crippen LogP contribution in [0.3, 0.4) is 0 Å². The van der Waals surface area contributed by atoms with E-state index < -0.39 is 20.8 Å². The Balaban J connectivity index is -0.0000000833. The molecule has 0 rings (SSSR count). The molecule has 6 nitrogen and oxygen atoms in total. The molecule has 0 heterocycles. The van der Waals surface area contributed by atoms with Gasteiger partial charge in [0.25, 0.3) is 0 Å². The Hall–Kier alpha value is 4.62. The van der Waals surface area contributed by atoms with Gasteiger partial charge in [0, 0.05) is 13.8 Å². The van der Waals surface area contributed by atoms with Crippen LogP contribution in [0.15, 0.2) is 0 Å². The quantitative estimate of drug-likeness (QED) is 0.366. The Morgan fingerprint density at radius 3 is 0.733 bits per heavy atom. The molecule has 0 aromatic rings. The molecule has 0 bridgehead atoms. The van der Waals surface area contributed by atoms with Crippen LogP contribution >= 0.6 is 15.9 Å². The molecule has 0 radical (unpaired) electrons. The Kier molecular flexibility index (Phi) is 24.0. The molecule has 12 heteroatoms. The molecule has 0 saturated carbocycles. The second-order valence-electron chi connectivity index (χ2n) is 2.49. The monoisotopic (exact) mass is 292 g/mol. The predicted molar refractivity (Wildman–Crippen MR) is 27.9 cm³/mol. The fourth-order valence-electron chi connectivity index (χ4n) is 0.150. The zero-order valence-corrected chi connectivity index (χ0v) is 19.6. The average Bonchev–Trinajstić information content (AvgIpc) is 1.58. The summed E-state index contributed by atoms with van der Waals surface area (Å²) < 4.78 is 0. The maximum atomic E-state index is 10.2. The molecule has 15 heavy (non-hydrogen) atoms.